The summed E-state index contributed by atoms with van der Waals surface area (Å²) < 4.78 is 1.50. The molecular weight excluding hydrogens is 400 g/mol. The molecule has 2 aromatic heterocycles. The molecule has 0 bridgehead atoms. The molecule has 0 aliphatic heterocycles. The van der Waals surface area contributed by atoms with Gasteiger partial charge in [0.2, 0.25) is 0 Å². The van der Waals surface area contributed by atoms with Crippen LogP contribution in [0.1, 0.15) is 20.7 Å². The van der Waals surface area contributed by atoms with Gasteiger partial charge in [-0.2, -0.15) is 0 Å². The second kappa shape index (κ2) is 5.81. The van der Waals surface area contributed by atoms with Crippen LogP contribution in [0.15, 0.2) is 32.0 Å². The van der Waals surface area contributed by atoms with Crippen molar-refractivity contribution in [3.63, 3.8) is 0 Å². The van der Waals surface area contributed by atoms with Gasteiger partial charge in [0.25, 0.3) is 5.91 Å². The first-order chi connectivity index (χ1) is 8.97. The standard InChI is InChI=1S/C11H6Br2N2O3S/c12-7-4-6(9(13)19-7)10(16)15-8-3-5(11(17)18)1-2-14-8/h1-4H,(H,17,18)(H,14,15,16). The zero-order valence-electron chi connectivity index (χ0n) is 9.18. The molecule has 0 aliphatic rings. The van der Waals surface area contributed by atoms with Gasteiger partial charge >= 0.3 is 5.97 Å². The number of carboxylic acids is 1. The number of aromatic nitrogens is 1. The van der Waals surface area contributed by atoms with Crippen molar-refractivity contribution in [2.24, 2.45) is 0 Å². The highest BCUT2D eigenvalue weighted by molar-refractivity contribution is 9.12. The number of hydrogen-bond donors (Lipinski definition) is 2. The second-order valence-electron chi connectivity index (χ2n) is 3.43. The van der Waals surface area contributed by atoms with Gasteiger partial charge in [0.1, 0.15) is 5.82 Å². The highest BCUT2D eigenvalue weighted by atomic mass is 79.9. The predicted molar refractivity (Wildman–Crippen MR) is 78.9 cm³/mol. The maximum absolute atomic E-state index is 12.0. The van der Waals surface area contributed by atoms with E-state index in [4.69, 9.17) is 5.11 Å². The fraction of sp³-hybridized carbons (Fsp3) is 0. The van der Waals surface area contributed by atoms with E-state index in [9.17, 15) is 9.59 Å². The number of hydrogen-bond acceptors (Lipinski definition) is 4. The smallest absolute Gasteiger partial charge is 0.335 e. The number of aromatic carboxylic acids is 1. The highest BCUT2D eigenvalue weighted by Gasteiger charge is 2.15. The molecule has 98 valence electrons. The minimum atomic E-state index is -1.07. The lowest BCUT2D eigenvalue weighted by molar-refractivity contribution is 0.0696. The molecule has 0 unspecified atom stereocenters. The van der Waals surface area contributed by atoms with Gasteiger partial charge in [0.15, 0.2) is 0 Å². The number of pyridine rings is 1. The molecule has 1 amide bonds. The monoisotopic (exact) mass is 404 g/mol. The molecule has 0 atom stereocenters. The molecule has 8 heteroatoms. The Morgan fingerprint density at radius 1 is 1.32 bits per heavy atom. The maximum atomic E-state index is 12.0. The highest BCUT2D eigenvalue weighted by Crippen LogP contribution is 2.32. The Balaban J connectivity index is 2.21. The Labute approximate surface area is 128 Å². The molecule has 0 saturated carbocycles. The molecule has 0 aromatic carbocycles. The van der Waals surface area contributed by atoms with Gasteiger partial charge in [-0.1, -0.05) is 0 Å². The van der Waals surface area contributed by atoms with E-state index in [-0.39, 0.29) is 17.3 Å². The number of thiophene rings is 1. The lowest BCUT2D eigenvalue weighted by atomic mass is 10.2. The lowest BCUT2D eigenvalue weighted by Crippen LogP contribution is -2.13. The summed E-state index contributed by atoms with van der Waals surface area (Å²) in [6, 6.07) is 4.33. The quantitative estimate of drug-likeness (QED) is 0.817. The van der Waals surface area contributed by atoms with Crippen molar-refractivity contribution in [3.05, 3.63) is 43.1 Å². The van der Waals surface area contributed by atoms with Gasteiger partial charge in [0.05, 0.1) is 18.7 Å². The molecule has 2 N–H and O–H groups in total. The first-order valence-corrected chi connectivity index (χ1v) is 7.33. The number of nitrogens with one attached hydrogen (secondary N) is 1. The fourth-order valence-corrected chi connectivity index (χ4v) is 4.10. The number of amides is 1. The predicted octanol–water partition coefficient (Wildman–Crippen LogP) is 3.62. The number of carboxylic acid groups (broad SMARTS) is 1. The van der Waals surface area contributed by atoms with Crippen molar-refractivity contribution in [2.75, 3.05) is 5.32 Å². The first-order valence-electron chi connectivity index (χ1n) is 4.93. The van der Waals surface area contributed by atoms with Crippen molar-refractivity contribution < 1.29 is 14.7 Å². The van der Waals surface area contributed by atoms with E-state index in [0.29, 0.717) is 9.35 Å². The molecule has 19 heavy (non-hydrogen) atoms. The third kappa shape index (κ3) is 3.40. The Kier molecular flexibility index (Phi) is 4.33. The number of carbonyl (C=O) groups excluding carboxylic acids is 1. The minimum Gasteiger partial charge on any atom is -0.478 e. The zero-order valence-corrected chi connectivity index (χ0v) is 13.2. The van der Waals surface area contributed by atoms with Crippen LogP contribution in [0.2, 0.25) is 0 Å². The van der Waals surface area contributed by atoms with E-state index in [1.807, 2.05) is 0 Å². The normalized spacial score (nSPS) is 10.2. The van der Waals surface area contributed by atoms with Crippen LogP contribution < -0.4 is 5.32 Å². The lowest BCUT2D eigenvalue weighted by Gasteiger charge is -2.04. The van der Waals surface area contributed by atoms with E-state index >= 15 is 0 Å². The number of rotatable bonds is 3. The second-order valence-corrected chi connectivity index (χ2v) is 7.18. The van der Waals surface area contributed by atoms with Crippen LogP contribution in [0.3, 0.4) is 0 Å². The van der Waals surface area contributed by atoms with Crippen LogP contribution in [0.25, 0.3) is 0 Å². The van der Waals surface area contributed by atoms with Crippen molar-refractivity contribution in [2.45, 2.75) is 0 Å². The molecular formula is C11H6Br2N2O3S. The van der Waals surface area contributed by atoms with Crippen LogP contribution in [0.5, 0.6) is 0 Å². The van der Waals surface area contributed by atoms with E-state index in [1.165, 1.54) is 29.7 Å². The Bertz CT molecular complexity index is 657. The van der Waals surface area contributed by atoms with Crippen LogP contribution in [-0.4, -0.2) is 22.0 Å². The number of carbonyl (C=O) groups is 2. The topological polar surface area (TPSA) is 79.3 Å². The summed E-state index contributed by atoms with van der Waals surface area (Å²) in [5.74, 6) is -1.24. The Morgan fingerprint density at radius 3 is 2.63 bits per heavy atom. The molecule has 5 nitrogen and oxygen atoms in total. The van der Waals surface area contributed by atoms with Crippen molar-refractivity contribution >= 4 is 60.9 Å². The molecule has 0 fully saturated rings. The first kappa shape index (κ1) is 14.2. The minimum absolute atomic E-state index is 0.0656. The third-order valence-corrected chi connectivity index (χ3v) is 4.49. The summed E-state index contributed by atoms with van der Waals surface area (Å²) in [5.41, 5.74) is 0.523. The number of anilines is 1. The molecule has 0 spiro atoms. The molecule has 2 heterocycles. The average molecular weight is 406 g/mol. The largest absolute Gasteiger partial charge is 0.478 e. The molecule has 2 rings (SSSR count). The van der Waals surface area contributed by atoms with Crippen LogP contribution in [0, 0.1) is 0 Å². The SMILES string of the molecule is O=C(O)c1ccnc(NC(=O)c2cc(Br)sc2Br)c1. The summed E-state index contributed by atoms with van der Waals surface area (Å²) in [4.78, 5) is 26.7. The molecule has 0 aliphatic carbocycles. The Hall–Kier alpha value is -1.25. The van der Waals surface area contributed by atoms with Crippen molar-refractivity contribution in [3.8, 4) is 0 Å². The van der Waals surface area contributed by atoms with Gasteiger partial charge in [0, 0.05) is 6.20 Å². The van der Waals surface area contributed by atoms with Crippen LogP contribution in [0.4, 0.5) is 5.82 Å². The summed E-state index contributed by atoms with van der Waals surface area (Å²) in [6.45, 7) is 0. The van der Waals surface area contributed by atoms with E-state index in [2.05, 4.69) is 42.2 Å². The summed E-state index contributed by atoms with van der Waals surface area (Å²) in [7, 11) is 0. The maximum Gasteiger partial charge on any atom is 0.335 e. The van der Waals surface area contributed by atoms with Crippen LogP contribution in [-0.2, 0) is 0 Å². The van der Waals surface area contributed by atoms with Gasteiger partial charge < -0.3 is 10.4 Å². The third-order valence-electron chi connectivity index (χ3n) is 2.15. The van der Waals surface area contributed by atoms with Gasteiger partial charge in [-0.05, 0) is 50.1 Å². The van der Waals surface area contributed by atoms with Gasteiger partial charge in [-0.25, -0.2) is 9.78 Å². The summed E-state index contributed by atoms with van der Waals surface area (Å²) in [6.07, 6.45) is 1.33. The Morgan fingerprint density at radius 2 is 2.05 bits per heavy atom. The van der Waals surface area contributed by atoms with Crippen LogP contribution >= 0.6 is 43.2 Å². The van der Waals surface area contributed by atoms with Crippen molar-refractivity contribution in [1.82, 2.24) is 4.98 Å². The molecule has 0 radical (unpaired) electrons. The van der Waals surface area contributed by atoms with Gasteiger partial charge in [-0.3, -0.25) is 4.79 Å². The van der Waals surface area contributed by atoms with Gasteiger partial charge in [-0.15, -0.1) is 11.3 Å². The van der Waals surface area contributed by atoms with E-state index < -0.39 is 5.97 Å². The average Bonchev–Trinajstić information content (AvgIpc) is 2.69. The van der Waals surface area contributed by atoms with E-state index in [1.54, 1.807) is 6.07 Å². The molecule has 0 saturated heterocycles. The summed E-state index contributed by atoms with van der Waals surface area (Å²) >= 11 is 7.94. The van der Waals surface area contributed by atoms with E-state index in [0.717, 1.165) is 3.79 Å². The molecule has 2 aromatic rings. The van der Waals surface area contributed by atoms with Crippen molar-refractivity contribution in [1.29, 1.82) is 0 Å². The number of nitrogens with zero attached hydrogens (tertiary/aromatic N) is 1. The zero-order chi connectivity index (χ0) is 14.0. The number of halogens is 2. The summed E-state index contributed by atoms with van der Waals surface area (Å²) in [5, 5.41) is 11.4. The fourth-order valence-electron chi connectivity index (χ4n) is 1.31.